The quantitative estimate of drug-likeness (QED) is 0.153. The Bertz CT molecular complexity index is 501. The lowest BCUT2D eigenvalue weighted by Crippen LogP contribution is -2.24. The molecule has 29 heavy (non-hydrogen) atoms. The largest absolute Gasteiger partial charge is 0.395 e. The molecule has 0 bridgehead atoms. The van der Waals surface area contributed by atoms with Crippen molar-refractivity contribution in [2.45, 2.75) is 91.4 Å². The summed E-state index contributed by atoms with van der Waals surface area (Å²) in [5.41, 5.74) is 0.529. The number of unbranched alkanes of at least 4 members (excludes halogenated alkanes) is 7. The number of carbonyl (C=O) groups excluding carboxylic acids is 1. The number of aliphatic hydroxyl groups is 1. The molecule has 0 aromatic carbocycles. The van der Waals surface area contributed by atoms with Crippen molar-refractivity contribution in [1.82, 2.24) is 5.32 Å². The van der Waals surface area contributed by atoms with Gasteiger partial charge in [0.05, 0.1) is 6.61 Å². The van der Waals surface area contributed by atoms with Crippen molar-refractivity contribution in [3.8, 4) is 0 Å². The number of allylic oxidation sites excluding steroid dienone is 7. The van der Waals surface area contributed by atoms with Crippen molar-refractivity contribution in [1.29, 1.82) is 0 Å². The second-order valence-electron chi connectivity index (χ2n) is 8.50. The summed E-state index contributed by atoms with van der Waals surface area (Å²) in [4.78, 5) is 11.2. The van der Waals surface area contributed by atoms with Gasteiger partial charge in [0.2, 0.25) is 5.91 Å². The van der Waals surface area contributed by atoms with E-state index in [9.17, 15) is 4.79 Å². The first-order chi connectivity index (χ1) is 14.0. The van der Waals surface area contributed by atoms with E-state index in [1.165, 1.54) is 70.3 Å². The Morgan fingerprint density at radius 3 is 2.10 bits per heavy atom. The third-order valence-corrected chi connectivity index (χ3v) is 5.03. The fourth-order valence-corrected chi connectivity index (χ4v) is 3.19. The van der Waals surface area contributed by atoms with E-state index in [-0.39, 0.29) is 19.1 Å². The number of hydrogen-bond acceptors (Lipinski definition) is 2. The Morgan fingerprint density at radius 2 is 1.41 bits per heavy atom. The van der Waals surface area contributed by atoms with Crippen LogP contribution in [0.1, 0.15) is 91.4 Å². The minimum atomic E-state index is -0.191. The molecule has 0 aliphatic heterocycles. The second-order valence-corrected chi connectivity index (χ2v) is 8.50. The van der Waals surface area contributed by atoms with E-state index in [0.717, 1.165) is 6.42 Å². The fourth-order valence-electron chi connectivity index (χ4n) is 3.19. The molecule has 0 saturated carbocycles. The molecule has 2 N–H and O–H groups in total. The molecular weight excluding hydrogens is 358 g/mol. The molecule has 0 rings (SSSR count). The summed E-state index contributed by atoms with van der Waals surface area (Å²) in [6.45, 7) is 7.39. The van der Waals surface area contributed by atoms with Crippen LogP contribution < -0.4 is 5.32 Å². The molecule has 0 aliphatic rings. The van der Waals surface area contributed by atoms with Gasteiger partial charge in [-0.25, -0.2) is 0 Å². The fraction of sp³-hybridized carbons (Fsp3) is 0.654. The predicted molar refractivity (Wildman–Crippen MR) is 127 cm³/mol. The van der Waals surface area contributed by atoms with Crippen LogP contribution in [0.2, 0.25) is 0 Å². The summed E-state index contributed by atoms with van der Waals surface area (Å²) in [5, 5.41) is 11.2. The number of carbonyl (C=O) groups is 1. The van der Waals surface area contributed by atoms with E-state index in [0.29, 0.717) is 5.41 Å². The van der Waals surface area contributed by atoms with E-state index < -0.39 is 0 Å². The van der Waals surface area contributed by atoms with Crippen LogP contribution in [0, 0.1) is 5.41 Å². The number of amides is 1. The minimum Gasteiger partial charge on any atom is -0.395 e. The first-order valence-electron chi connectivity index (χ1n) is 11.6. The molecule has 0 unspecified atom stereocenters. The highest BCUT2D eigenvalue weighted by Crippen LogP contribution is 2.30. The zero-order valence-electron chi connectivity index (χ0n) is 19.2. The molecule has 0 heterocycles. The van der Waals surface area contributed by atoms with Gasteiger partial charge in [0.25, 0.3) is 0 Å². The third kappa shape index (κ3) is 20.9. The normalized spacial score (nSPS) is 12.8. The van der Waals surface area contributed by atoms with Crippen LogP contribution >= 0.6 is 0 Å². The number of hydrogen-bond donors (Lipinski definition) is 2. The van der Waals surface area contributed by atoms with Crippen LogP contribution in [0.4, 0.5) is 0 Å². The summed E-state index contributed by atoms with van der Waals surface area (Å²) in [6.07, 6.45) is 29.8. The van der Waals surface area contributed by atoms with Crippen LogP contribution in [-0.2, 0) is 4.79 Å². The molecule has 0 aliphatic carbocycles. The molecule has 0 spiro atoms. The first kappa shape index (κ1) is 27.4. The summed E-state index contributed by atoms with van der Waals surface area (Å²) >= 11 is 0. The van der Waals surface area contributed by atoms with E-state index in [2.05, 4.69) is 38.2 Å². The van der Waals surface area contributed by atoms with Crippen molar-refractivity contribution < 1.29 is 9.90 Å². The Balaban J connectivity index is 3.60. The molecule has 3 heteroatoms. The Labute approximate surface area is 180 Å². The van der Waals surface area contributed by atoms with Crippen molar-refractivity contribution in [3.05, 3.63) is 48.6 Å². The monoisotopic (exact) mass is 403 g/mol. The number of aliphatic hydroxyl groups excluding tert-OH is 1. The van der Waals surface area contributed by atoms with Gasteiger partial charge in [-0.3, -0.25) is 4.79 Å². The van der Waals surface area contributed by atoms with Gasteiger partial charge in [-0.15, -0.1) is 0 Å². The van der Waals surface area contributed by atoms with E-state index >= 15 is 0 Å². The molecule has 0 aromatic rings. The highest BCUT2D eigenvalue weighted by Gasteiger charge is 2.16. The number of nitrogens with one attached hydrogen (secondary N) is 1. The van der Waals surface area contributed by atoms with E-state index in [4.69, 9.17) is 5.11 Å². The molecule has 166 valence electrons. The molecule has 1 amide bonds. The van der Waals surface area contributed by atoms with Crippen LogP contribution in [0.15, 0.2) is 48.6 Å². The maximum atomic E-state index is 11.2. The molecule has 0 atom stereocenters. The van der Waals surface area contributed by atoms with Gasteiger partial charge in [-0.05, 0) is 31.1 Å². The van der Waals surface area contributed by atoms with Crippen molar-refractivity contribution >= 4 is 5.91 Å². The molecule has 3 nitrogen and oxygen atoms in total. The first-order valence-corrected chi connectivity index (χ1v) is 11.6. The SMILES string of the molecule is CCCCCC(C)(C)CCCCCCC\C=C/C=C/C=C\C=C\C(=O)NCCO. The molecular formula is C26H45NO2. The number of rotatable bonds is 18. The van der Waals surface area contributed by atoms with E-state index in [1.54, 1.807) is 6.08 Å². The van der Waals surface area contributed by atoms with Crippen LogP contribution in [0.5, 0.6) is 0 Å². The lowest BCUT2D eigenvalue weighted by Gasteiger charge is -2.24. The minimum absolute atomic E-state index is 0.0397. The van der Waals surface area contributed by atoms with E-state index in [1.807, 2.05) is 24.3 Å². The van der Waals surface area contributed by atoms with Crippen LogP contribution in [0.25, 0.3) is 0 Å². The predicted octanol–water partition coefficient (Wildman–Crippen LogP) is 6.66. The summed E-state index contributed by atoms with van der Waals surface area (Å²) in [6, 6.07) is 0. The average molecular weight is 404 g/mol. The van der Waals surface area contributed by atoms with Crippen molar-refractivity contribution in [3.63, 3.8) is 0 Å². The third-order valence-electron chi connectivity index (χ3n) is 5.03. The van der Waals surface area contributed by atoms with Gasteiger partial charge < -0.3 is 10.4 Å². The summed E-state index contributed by atoms with van der Waals surface area (Å²) in [5.74, 6) is -0.191. The van der Waals surface area contributed by atoms with Gasteiger partial charge in [0.1, 0.15) is 0 Å². The van der Waals surface area contributed by atoms with Gasteiger partial charge >= 0.3 is 0 Å². The van der Waals surface area contributed by atoms with Gasteiger partial charge in [-0.2, -0.15) is 0 Å². The van der Waals surface area contributed by atoms with Gasteiger partial charge in [-0.1, -0.05) is 108 Å². The standard InChI is InChI=1S/C26H45NO2/c1-4-5-18-21-26(2,3)22-19-16-14-12-10-8-6-7-9-11-13-15-17-20-25(29)27-23-24-28/h6-7,9,11,13,15,17,20,28H,4-5,8,10,12,14,16,18-19,21-24H2,1-3H3,(H,27,29)/b7-6-,11-9+,15-13-,20-17+. The second kappa shape index (κ2) is 19.7. The Kier molecular flexibility index (Phi) is 18.6. The van der Waals surface area contributed by atoms with Gasteiger partial charge in [0.15, 0.2) is 0 Å². The lowest BCUT2D eigenvalue weighted by atomic mass is 9.82. The summed E-state index contributed by atoms with van der Waals surface area (Å²) in [7, 11) is 0. The summed E-state index contributed by atoms with van der Waals surface area (Å²) < 4.78 is 0. The van der Waals surface area contributed by atoms with Crippen LogP contribution in [-0.4, -0.2) is 24.2 Å². The molecule has 0 aromatic heterocycles. The maximum Gasteiger partial charge on any atom is 0.244 e. The molecule has 0 saturated heterocycles. The topological polar surface area (TPSA) is 49.3 Å². The Morgan fingerprint density at radius 1 is 0.828 bits per heavy atom. The maximum absolute atomic E-state index is 11.2. The van der Waals surface area contributed by atoms with Crippen LogP contribution in [0.3, 0.4) is 0 Å². The highest BCUT2D eigenvalue weighted by molar-refractivity contribution is 5.87. The highest BCUT2D eigenvalue weighted by atomic mass is 16.3. The van der Waals surface area contributed by atoms with Gasteiger partial charge in [0, 0.05) is 12.6 Å². The molecule has 0 fully saturated rings. The molecule has 0 radical (unpaired) electrons. The smallest absolute Gasteiger partial charge is 0.244 e. The lowest BCUT2D eigenvalue weighted by molar-refractivity contribution is -0.116. The zero-order valence-corrected chi connectivity index (χ0v) is 19.2. The van der Waals surface area contributed by atoms with Crippen molar-refractivity contribution in [2.24, 2.45) is 5.41 Å². The Hall–Kier alpha value is -1.61. The average Bonchev–Trinajstić information content (AvgIpc) is 2.69. The van der Waals surface area contributed by atoms with Crippen molar-refractivity contribution in [2.75, 3.05) is 13.2 Å². The zero-order chi connectivity index (χ0) is 21.6.